The molecule has 2 aromatic rings. The molecule has 1 amide bonds. The first kappa shape index (κ1) is 14.6. The van der Waals surface area contributed by atoms with Gasteiger partial charge in [0.25, 0.3) is 5.56 Å². The van der Waals surface area contributed by atoms with E-state index in [-0.39, 0.29) is 18.0 Å². The maximum atomic E-state index is 11.9. The Morgan fingerprint density at radius 1 is 1.33 bits per heavy atom. The highest BCUT2D eigenvalue weighted by atomic mass is 16.5. The number of benzene rings is 1. The number of ether oxygens (including phenoxy) is 1. The van der Waals surface area contributed by atoms with Gasteiger partial charge in [0.2, 0.25) is 5.91 Å². The summed E-state index contributed by atoms with van der Waals surface area (Å²) < 4.78 is 6.32. The first-order valence-corrected chi connectivity index (χ1v) is 6.40. The van der Waals surface area contributed by atoms with Crippen molar-refractivity contribution in [2.45, 2.75) is 13.5 Å². The minimum absolute atomic E-state index is 0.0880. The molecule has 1 aromatic heterocycles. The number of hydrogen-bond donors (Lipinski definition) is 2. The zero-order valence-corrected chi connectivity index (χ0v) is 11.9. The van der Waals surface area contributed by atoms with E-state index >= 15 is 0 Å². The fraction of sp³-hybridized carbons (Fsp3) is 0.200. The molecule has 0 fully saturated rings. The van der Waals surface area contributed by atoms with Gasteiger partial charge in [-0.15, -0.1) is 0 Å². The van der Waals surface area contributed by atoms with Crippen molar-refractivity contribution in [3.05, 3.63) is 52.4 Å². The lowest BCUT2D eigenvalue weighted by Crippen LogP contribution is -2.27. The maximum Gasteiger partial charge on any atom is 0.251 e. The van der Waals surface area contributed by atoms with E-state index < -0.39 is 0 Å². The summed E-state index contributed by atoms with van der Waals surface area (Å²) in [4.78, 5) is 23.7. The molecular formula is C15H17N3O3. The molecule has 2 rings (SSSR count). The van der Waals surface area contributed by atoms with E-state index in [1.807, 2.05) is 0 Å². The number of carbonyl (C=O) groups is 1. The van der Waals surface area contributed by atoms with Gasteiger partial charge in [-0.3, -0.25) is 9.59 Å². The highest BCUT2D eigenvalue weighted by Crippen LogP contribution is 2.15. The highest BCUT2D eigenvalue weighted by Gasteiger charge is 2.07. The molecule has 0 bridgehead atoms. The van der Waals surface area contributed by atoms with Crippen molar-refractivity contribution in [2.24, 2.45) is 0 Å². The van der Waals surface area contributed by atoms with Crippen molar-refractivity contribution in [3.63, 3.8) is 0 Å². The summed E-state index contributed by atoms with van der Waals surface area (Å²) in [7, 11) is 1.57. The molecule has 0 radical (unpaired) electrons. The van der Waals surface area contributed by atoms with E-state index in [4.69, 9.17) is 10.5 Å². The van der Waals surface area contributed by atoms with Crippen LogP contribution in [0.25, 0.3) is 0 Å². The Hall–Kier alpha value is -2.76. The van der Waals surface area contributed by atoms with Gasteiger partial charge < -0.3 is 20.4 Å². The van der Waals surface area contributed by atoms with Crippen LogP contribution in [0.5, 0.6) is 5.75 Å². The minimum atomic E-state index is -0.300. The van der Waals surface area contributed by atoms with Crippen LogP contribution in [-0.2, 0) is 11.3 Å². The molecule has 0 atom stereocenters. The van der Waals surface area contributed by atoms with E-state index in [0.717, 1.165) is 0 Å². The molecule has 3 N–H and O–H groups in total. The summed E-state index contributed by atoms with van der Waals surface area (Å²) >= 11 is 0. The van der Waals surface area contributed by atoms with Gasteiger partial charge >= 0.3 is 0 Å². The van der Waals surface area contributed by atoms with Gasteiger partial charge in [-0.25, -0.2) is 0 Å². The van der Waals surface area contributed by atoms with Crippen molar-refractivity contribution >= 4 is 17.3 Å². The summed E-state index contributed by atoms with van der Waals surface area (Å²) in [6.45, 7) is 1.66. The van der Waals surface area contributed by atoms with Crippen LogP contribution in [0.15, 0.2) is 41.3 Å². The predicted molar refractivity (Wildman–Crippen MR) is 81.5 cm³/mol. The van der Waals surface area contributed by atoms with Crippen LogP contribution in [0, 0.1) is 6.92 Å². The number of rotatable bonds is 4. The third-order valence-electron chi connectivity index (χ3n) is 3.06. The lowest BCUT2D eigenvalue weighted by Gasteiger charge is -2.09. The SMILES string of the molecule is COc1ccc(NC(=O)Cn2cc(N)c(C)cc2=O)cc1. The van der Waals surface area contributed by atoms with E-state index in [1.54, 1.807) is 38.3 Å². The summed E-state index contributed by atoms with van der Waals surface area (Å²) in [6.07, 6.45) is 1.48. The Labute approximate surface area is 122 Å². The maximum absolute atomic E-state index is 11.9. The molecule has 0 aliphatic carbocycles. The molecule has 1 heterocycles. The number of nitrogens with zero attached hydrogens (tertiary/aromatic N) is 1. The number of methoxy groups -OCH3 is 1. The lowest BCUT2D eigenvalue weighted by atomic mass is 10.2. The fourth-order valence-electron chi connectivity index (χ4n) is 1.84. The van der Waals surface area contributed by atoms with E-state index in [1.165, 1.54) is 16.8 Å². The number of pyridine rings is 1. The lowest BCUT2D eigenvalue weighted by molar-refractivity contribution is -0.116. The van der Waals surface area contributed by atoms with Crippen molar-refractivity contribution < 1.29 is 9.53 Å². The van der Waals surface area contributed by atoms with Gasteiger partial charge in [-0.05, 0) is 36.8 Å². The van der Waals surface area contributed by atoms with Gasteiger partial charge in [-0.2, -0.15) is 0 Å². The monoisotopic (exact) mass is 287 g/mol. The zero-order valence-electron chi connectivity index (χ0n) is 11.9. The second kappa shape index (κ2) is 6.13. The number of nitrogens with two attached hydrogens (primary N) is 1. The van der Waals surface area contributed by atoms with Crippen molar-refractivity contribution in [2.75, 3.05) is 18.2 Å². The Morgan fingerprint density at radius 2 is 2.00 bits per heavy atom. The topological polar surface area (TPSA) is 86.3 Å². The number of nitrogen functional groups attached to an aromatic ring is 1. The number of aryl methyl sites for hydroxylation is 1. The molecule has 0 aliphatic rings. The summed E-state index contributed by atoms with van der Waals surface area (Å²) in [5, 5.41) is 2.71. The number of carbonyl (C=O) groups excluding carboxylic acids is 1. The molecule has 6 nitrogen and oxygen atoms in total. The second-order valence-corrected chi connectivity index (χ2v) is 4.65. The zero-order chi connectivity index (χ0) is 15.4. The minimum Gasteiger partial charge on any atom is -0.497 e. The quantitative estimate of drug-likeness (QED) is 0.889. The smallest absolute Gasteiger partial charge is 0.251 e. The fourth-order valence-corrected chi connectivity index (χ4v) is 1.84. The average Bonchev–Trinajstić information content (AvgIpc) is 2.45. The van der Waals surface area contributed by atoms with E-state index in [0.29, 0.717) is 22.7 Å². The number of aromatic nitrogens is 1. The number of amides is 1. The van der Waals surface area contributed by atoms with Crippen molar-refractivity contribution in [1.29, 1.82) is 0 Å². The van der Waals surface area contributed by atoms with Gasteiger partial charge in [0, 0.05) is 18.0 Å². The number of nitrogens with one attached hydrogen (secondary N) is 1. The summed E-state index contributed by atoms with van der Waals surface area (Å²) in [5.41, 5.74) is 7.30. The van der Waals surface area contributed by atoms with Crippen molar-refractivity contribution in [1.82, 2.24) is 4.57 Å². The third-order valence-corrected chi connectivity index (χ3v) is 3.06. The molecule has 0 saturated carbocycles. The van der Waals surface area contributed by atoms with Crippen LogP contribution in [0.3, 0.4) is 0 Å². The van der Waals surface area contributed by atoms with Crippen LogP contribution < -0.4 is 21.3 Å². The predicted octanol–water partition coefficient (Wildman–Crippen LogP) is 1.39. The molecule has 0 aliphatic heterocycles. The standard InChI is InChI=1S/C15H17N3O3/c1-10-7-15(20)18(8-13(10)16)9-14(19)17-11-3-5-12(21-2)6-4-11/h3-8H,9,16H2,1-2H3,(H,17,19). The van der Waals surface area contributed by atoms with Crippen LogP contribution in [0.1, 0.15) is 5.56 Å². The molecule has 0 unspecified atom stereocenters. The van der Waals surface area contributed by atoms with Crippen LogP contribution in [0.2, 0.25) is 0 Å². The van der Waals surface area contributed by atoms with Gasteiger partial charge in [0.15, 0.2) is 0 Å². The average molecular weight is 287 g/mol. The van der Waals surface area contributed by atoms with Gasteiger partial charge in [0.05, 0.1) is 12.8 Å². The first-order valence-electron chi connectivity index (χ1n) is 6.40. The second-order valence-electron chi connectivity index (χ2n) is 4.65. The first-order chi connectivity index (χ1) is 9.99. The Balaban J connectivity index is 2.07. The molecule has 6 heteroatoms. The Bertz CT molecular complexity index is 705. The van der Waals surface area contributed by atoms with Crippen LogP contribution >= 0.6 is 0 Å². The molecule has 21 heavy (non-hydrogen) atoms. The normalized spacial score (nSPS) is 10.2. The van der Waals surface area contributed by atoms with Gasteiger partial charge in [-0.1, -0.05) is 0 Å². The molecule has 0 saturated heterocycles. The third kappa shape index (κ3) is 3.62. The van der Waals surface area contributed by atoms with E-state index in [2.05, 4.69) is 5.32 Å². The number of hydrogen-bond acceptors (Lipinski definition) is 4. The Morgan fingerprint density at radius 3 is 2.62 bits per heavy atom. The highest BCUT2D eigenvalue weighted by molar-refractivity contribution is 5.90. The van der Waals surface area contributed by atoms with E-state index in [9.17, 15) is 9.59 Å². The Kier molecular flexibility index (Phi) is 4.27. The van der Waals surface area contributed by atoms with Crippen LogP contribution in [-0.4, -0.2) is 17.6 Å². The van der Waals surface area contributed by atoms with Gasteiger partial charge in [0.1, 0.15) is 12.3 Å². The number of anilines is 2. The molecular weight excluding hydrogens is 270 g/mol. The summed E-state index contributed by atoms with van der Waals surface area (Å²) in [5.74, 6) is 0.404. The molecule has 110 valence electrons. The largest absolute Gasteiger partial charge is 0.497 e. The molecule has 0 spiro atoms. The van der Waals surface area contributed by atoms with Crippen molar-refractivity contribution in [3.8, 4) is 5.75 Å². The summed E-state index contributed by atoms with van der Waals surface area (Å²) in [6, 6.07) is 8.35. The van der Waals surface area contributed by atoms with Crippen LogP contribution in [0.4, 0.5) is 11.4 Å². The molecule has 1 aromatic carbocycles.